The molecule has 1 aliphatic rings. The summed E-state index contributed by atoms with van der Waals surface area (Å²) in [6.07, 6.45) is 6.08. The number of tetrazole rings is 1. The Labute approximate surface area is 181 Å². The summed E-state index contributed by atoms with van der Waals surface area (Å²) in [5.41, 5.74) is 1.53. The molecule has 166 valence electrons. The lowest BCUT2D eigenvalue weighted by Gasteiger charge is -2.31. The maximum atomic E-state index is 12.9. The fraction of sp³-hybridized carbons (Fsp3) is 0.545. The number of quaternary nitrogens is 1. The molecule has 2 aromatic heterocycles. The summed E-state index contributed by atoms with van der Waals surface area (Å²) in [7, 11) is 3.30. The van der Waals surface area contributed by atoms with Gasteiger partial charge in [-0.15, -0.1) is 5.10 Å². The van der Waals surface area contributed by atoms with Crippen molar-refractivity contribution in [1.29, 1.82) is 0 Å². The number of aromatic nitrogens is 5. The molecule has 1 aromatic carbocycles. The van der Waals surface area contributed by atoms with E-state index in [1.165, 1.54) is 24.2 Å². The van der Waals surface area contributed by atoms with Crippen LogP contribution >= 0.6 is 0 Å². The zero-order valence-electron chi connectivity index (χ0n) is 18.3. The van der Waals surface area contributed by atoms with Gasteiger partial charge in [0.25, 0.3) is 5.56 Å². The average molecular weight is 428 g/mol. The molecule has 1 atom stereocenters. The van der Waals surface area contributed by atoms with Gasteiger partial charge in [-0.25, -0.2) is 4.68 Å². The molecule has 4 rings (SSSR count). The molecular formula is C22H31N6O3+. The third kappa shape index (κ3) is 5.11. The van der Waals surface area contributed by atoms with Gasteiger partial charge in [0, 0.05) is 13.2 Å². The van der Waals surface area contributed by atoms with Crippen LogP contribution in [-0.2, 0) is 24.4 Å². The molecule has 1 saturated carbocycles. The minimum atomic E-state index is -0.0481. The number of nitrogens with one attached hydrogen (secondary N) is 2. The van der Waals surface area contributed by atoms with Crippen LogP contribution < -0.4 is 15.2 Å². The third-order valence-corrected chi connectivity index (χ3v) is 6.23. The molecule has 1 fully saturated rings. The van der Waals surface area contributed by atoms with E-state index in [1.807, 2.05) is 28.9 Å². The maximum absolute atomic E-state index is 12.9. The van der Waals surface area contributed by atoms with E-state index in [1.54, 1.807) is 14.2 Å². The number of nitrogens with zero attached hydrogens (tertiary/aromatic N) is 4. The number of benzene rings is 1. The highest BCUT2D eigenvalue weighted by molar-refractivity contribution is 5.80. The van der Waals surface area contributed by atoms with Crippen LogP contribution in [0.15, 0.2) is 29.1 Å². The number of H-pyrrole nitrogens is 1. The maximum Gasteiger partial charge on any atom is 0.257 e. The van der Waals surface area contributed by atoms with Gasteiger partial charge in [0.2, 0.25) is 5.82 Å². The predicted molar refractivity (Wildman–Crippen MR) is 116 cm³/mol. The molecule has 1 unspecified atom stereocenters. The molecule has 2 heterocycles. The zero-order valence-corrected chi connectivity index (χ0v) is 18.3. The molecule has 0 amide bonds. The lowest BCUT2D eigenvalue weighted by molar-refractivity contribution is -0.954. The molecule has 0 saturated heterocycles. The smallest absolute Gasteiger partial charge is 0.257 e. The Kier molecular flexibility index (Phi) is 6.93. The zero-order chi connectivity index (χ0) is 21.6. The Balaban J connectivity index is 1.61. The highest BCUT2D eigenvalue weighted by Gasteiger charge is 2.28. The van der Waals surface area contributed by atoms with Crippen LogP contribution in [0.1, 0.15) is 43.5 Å². The van der Waals surface area contributed by atoms with Crippen LogP contribution in [0.25, 0.3) is 10.9 Å². The lowest BCUT2D eigenvalue weighted by Crippen LogP contribution is -3.13. The van der Waals surface area contributed by atoms with Crippen molar-refractivity contribution in [3.63, 3.8) is 0 Å². The molecule has 3 aromatic rings. The van der Waals surface area contributed by atoms with Gasteiger partial charge >= 0.3 is 0 Å². The van der Waals surface area contributed by atoms with Crippen LogP contribution in [0.2, 0.25) is 0 Å². The summed E-state index contributed by atoms with van der Waals surface area (Å²) >= 11 is 0. The number of ether oxygens (including phenoxy) is 2. The Morgan fingerprint density at radius 2 is 2.00 bits per heavy atom. The van der Waals surface area contributed by atoms with Crippen molar-refractivity contribution in [1.82, 2.24) is 25.2 Å². The van der Waals surface area contributed by atoms with E-state index in [0.29, 0.717) is 32.3 Å². The van der Waals surface area contributed by atoms with Crippen LogP contribution in [0, 0.1) is 0 Å². The number of hydrogen-bond acceptors (Lipinski definition) is 6. The van der Waals surface area contributed by atoms with Gasteiger partial charge in [-0.1, -0.05) is 6.42 Å². The normalized spacial score (nSPS) is 15.9. The summed E-state index contributed by atoms with van der Waals surface area (Å²) in [6, 6.07) is 8.26. The van der Waals surface area contributed by atoms with E-state index in [0.717, 1.165) is 40.9 Å². The molecule has 9 heteroatoms. The van der Waals surface area contributed by atoms with Gasteiger partial charge in [-0.2, -0.15) is 0 Å². The number of methoxy groups -OCH3 is 2. The summed E-state index contributed by atoms with van der Waals surface area (Å²) < 4.78 is 12.3. The second-order valence-corrected chi connectivity index (χ2v) is 8.23. The van der Waals surface area contributed by atoms with E-state index >= 15 is 0 Å². The number of rotatable bonds is 9. The fourth-order valence-corrected chi connectivity index (χ4v) is 4.49. The predicted octanol–water partition coefficient (Wildman–Crippen LogP) is 1.09. The van der Waals surface area contributed by atoms with Crippen molar-refractivity contribution < 1.29 is 14.4 Å². The van der Waals surface area contributed by atoms with E-state index < -0.39 is 0 Å². The summed E-state index contributed by atoms with van der Waals surface area (Å²) in [6.45, 7) is 2.50. The first-order valence-electron chi connectivity index (χ1n) is 11.0. The summed E-state index contributed by atoms with van der Waals surface area (Å²) in [4.78, 5) is 17.3. The minimum absolute atomic E-state index is 0.0481. The van der Waals surface area contributed by atoms with Gasteiger partial charge in [0.15, 0.2) is 0 Å². The van der Waals surface area contributed by atoms with Gasteiger partial charge in [-0.3, -0.25) is 4.79 Å². The molecule has 0 spiro atoms. The van der Waals surface area contributed by atoms with Gasteiger partial charge < -0.3 is 19.4 Å². The average Bonchev–Trinajstić information content (AvgIpc) is 3.24. The first-order chi connectivity index (χ1) is 15.2. The van der Waals surface area contributed by atoms with Crippen molar-refractivity contribution >= 4 is 10.9 Å². The number of aromatic amines is 1. The monoisotopic (exact) mass is 427 g/mol. The molecule has 31 heavy (non-hydrogen) atoms. The van der Waals surface area contributed by atoms with Crippen LogP contribution in [-0.4, -0.2) is 52.1 Å². The standard InChI is InChI=1S/C22H30N6O3/c1-30-11-10-28-21(24-25-26-28)15-27(18-6-4-3-5-7-18)14-17-12-16-8-9-19(31-2)13-20(16)23-22(17)29/h8-9,12-13,18H,3-7,10-11,14-15H2,1-2H3,(H,23,29)/p+1. The highest BCUT2D eigenvalue weighted by atomic mass is 16.5. The van der Waals surface area contributed by atoms with E-state index in [-0.39, 0.29) is 5.56 Å². The first-order valence-corrected chi connectivity index (χ1v) is 11.0. The first kappa shape index (κ1) is 21.5. The minimum Gasteiger partial charge on any atom is -0.497 e. The van der Waals surface area contributed by atoms with Gasteiger partial charge in [0.1, 0.15) is 18.8 Å². The van der Waals surface area contributed by atoms with E-state index in [4.69, 9.17) is 9.47 Å². The molecular weight excluding hydrogens is 396 g/mol. The van der Waals surface area contributed by atoms with Gasteiger partial charge in [0.05, 0.1) is 37.4 Å². The number of pyridine rings is 1. The van der Waals surface area contributed by atoms with Crippen molar-refractivity contribution in [2.45, 2.75) is 57.8 Å². The van der Waals surface area contributed by atoms with Crippen LogP contribution in [0.3, 0.4) is 0 Å². The second kappa shape index (κ2) is 10.0. The Morgan fingerprint density at radius 1 is 1.16 bits per heavy atom. The summed E-state index contributed by atoms with van der Waals surface area (Å²) in [5.74, 6) is 1.56. The molecule has 9 nitrogen and oxygen atoms in total. The molecule has 0 aliphatic heterocycles. The largest absolute Gasteiger partial charge is 0.497 e. The Morgan fingerprint density at radius 3 is 2.77 bits per heavy atom. The number of hydrogen-bond donors (Lipinski definition) is 2. The number of fused-ring (bicyclic) bond motifs is 1. The van der Waals surface area contributed by atoms with Crippen molar-refractivity contribution in [3.8, 4) is 5.75 Å². The van der Waals surface area contributed by atoms with E-state index in [2.05, 4.69) is 20.5 Å². The van der Waals surface area contributed by atoms with Crippen molar-refractivity contribution in [2.24, 2.45) is 0 Å². The van der Waals surface area contributed by atoms with Crippen molar-refractivity contribution in [2.75, 3.05) is 20.8 Å². The topological polar surface area (TPSA) is 99.4 Å². The Hall–Kier alpha value is -2.78. The van der Waals surface area contributed by atoms with Crippen molar-refractivity contribution in [3.05, 3.63) is 46.0 Å². The molecule has 0 radical (unpaired) electrons. The fourth-order valence-electron chi connectivity index (χ4n) is 4.49. The third-order valence-electron chi connectivity index (χ3n) is 6.23. The SMILES string of the molecule is COCCn1nnnc1C[NH+](Cc1cc2ccc(OC)cc2[nH]c1=O)C1CCCCC1. The highest BCUT2D eigenvalue weighted by Crippen LogP contribution is 2.19. The lowest BCUT2D eigenvalue weighted by atomic mass is 9.93. The van der Waals surface area contributed by atoms with Crippen LogP contribution in [0.4, 0.5) is 0 Å². The quantitative estimate of drug-likeness (QED) is 0.530. The van der Waals surface area contributed by atoms with Gasteiger partial charge in [-0.05, 0) is 59.7 Å². The van der Waals surface area contributed by atoms with Crippen LogP contribution in [0.5, 0.6) is 5.75 Å². The summed E-state index contributed by atoms with van der Waals surface area (Å²) in [5, 5.41) is 13.3. The second-order valence-electron chi connectivity index (χ2n) is 8.23. The molecule has 2 N–H and O–H groups in total. The van der Waals surface area contributed by atoms with E-state index in [9.17, 15) is 4.79 Å². The molecule has 1 aliphatic carbocycles. The Bertz CT molecular complexity index is 1060. The molecule has 0 bridgehead atoms.